The zero-order valence-electron chi connectivity index (χ0n) is 20.9. The molecule has 2 atom stereocenters. The van der Waals surface area contributed by atoms with Gasteiger partial charge in [0.15, 0.2) is 5.13 Å². The summed E-state index contributed by atoms with van der Waals surface area (Å²) in [6.07, 6.45) is 4.71. The first-order valence-corrected chi connectivity index (χ1v) is 15.0. The van der Waals surface area contributed by atoms with Gasteiger partial charge in [0.05, 0.1) is 27.8 Å². The number of nitrogens with zero attached hydrogens (tertiary/aromatic N) is 3. The summed E-state index contributed by atoms with van der Waals surface area (Å²) in [6, 6.07) is 12.5. The monoisotopic (exact) mass is 527 g/mol. The molecular formula is C27H33N3O4S2. The molecule has 2 aliphatic heterocycles. The van der Waals surface area contributed by atoms with Crippen molar-refractivity contribution in [3.05, 3.63) is 53.6 Å². The van der Waals surface area contributed by atoms with Crippen LogP contribution < -0.4 is 4.90 Å². The number of hydrogen-bond acceptors (Lipinski definition) is 6. The highest BCUT2D eigenvalue weighted by Crippen LogP contribution is 2.32. The fraction of sp³-hybridized carbons (Fsp3) is 0.481. The first-order valence-electron chi connectivity index (χ1n) is 12.8. The Balaban J connectivity index is 1.42. The van der Waals surface area contributed by atoms with Crippen molar-refractivity contribution >= 4 is 42.6 Å². The van der Waals surface area contributed by atoms with E-state index in [0.717, 1.165) is 42.3 Å². The highest BCUT2D eigenvalue weighted by molar-refractivity contribution is 7.89. The molecule has 3 heterocycles. The lowest BCUT2D eigenvalue weighted by molar-refractivity contribution is 0.0917. The second-order valence-corrected chi connectivity index (χ2v) is 12.8. The van der Waals surface area contributed by atoms with Gasteiger partial charge < -0.3 is 4.74 Å². The number of sulfonamides is 1. The zero-order chi connectivity index (χ0) is 25.3. The number of amides is 1. The number of carbonyl (C=O) groups excluding carboxylic acids is 1. The van der Waals surface area contributed by atoms with Gasteiger partial charge in [-0.2, -0.15) is 4.31 Å². The summed E-state index contributed by atoms with van der Waals surface area (Å²) in [5.74, 6) is 0.152. The molecule has 0 N–H and O–H groups in total. The van der Waals surface area contributed by atoms with Gasteiger partial charge in [-0.1, -0.05) is 31.3 Å². The quantitative estimate of drug-likeness (QED) is 0.427. The second kappa shape index (κ2) is 10.6. The number of aryl methyl sites for hydroxylation is 1. The maximum absolute atomic E-state index is 13.7. The maximum atomic E-state index is 13.7. The Morgan fingerprint density at radius 3 is 2.67 bits per heavy atom. The average molecular weight is 528 g/mol. The van der Waals surface area contributed by atoms with Gasteiger partial charge >= 0.3 is 0 Å². The number of hydrogen-bond donors (Lipinski definition) is 0. The Morgan fingerprint density at radius 2 is 1.97 bits per heavy atom. The number of rotatable bonds is 7. The molecule has 2 aliphatic rings. The molecule has 9 heteroatoms. The van der Waals surface area contributed by atoms with Gasteiger partial charge in [0.1, 0.15) is 0 Å². The van der Waals surface area contributed by atoms with E-state index >= 15 is 0 Å². The van der Waals surface area contributed by atoms with Gasteiger partial charge in [0.2, 0.25) is 10.0 Å². The number of ether oxygens (including phenoxy) is 1. The third-order valence-electron chi connectivity index (χ3n) is 7.09. The number of piperidine rings is 1. The molecule has 1 amide bonds. The summed E-state index contributed by atoms with van der Waals surface area (Å²) in [5.41, 5.74) is 2.54. The molecule has 1 aromatic heterocycles. The van der Waals surface area contributed by atoms with Crippen LogP contribution in [-0.2, 0) is 21.2 Å². The van der Waals surface area contributed by atoms with Gasteiger partial charge in [0.25, 0.3) is 5.91 Å². The van der Waals surface area contributed by atoms with E-state index in [1.807, 2.05) is 6.07 Å². The van der Waals surface area contributed by atoms with E-state index in [2.05, 4.69) is 26.0 Å². The molecule has 5 rings (SSSR count). The lowest BCUT2D eigenvalue weighted by atomic mass is 10.0. The number of aromatic nitrogens is 1. The fourth-order valence-corrected chi connectivity index (χ4v) is 7.61. The van der Waals surface area contributed by atoms with Crippen LogP contribution in [0.3, 0.4) is 0 Å². The van der Waals surface area contributed by atoms with Crippen LogP contribution in [0.4, 0.5) is 5.13 Å². The van der Waals surface area contributed by atoms with Gasteiger partial charge in [-0.3, -0.25) is 9.69 Å². The van der Waals surface area contributed by atoms with Gasteiger partial charge in [-0.25, -0.2) is 13.4 Å². The Hall–Kier alpha value is -2.33. The Kier molecular flexibility index (Phi) is 7.44. The number of anilines is 1. The molecule has 2 saturated heterocycles. The maximum Gasteiger partial charge on any atom is 0.260 e. The summed E-state index contributed by atoms with van der Waals surface area (Å²) in [5, 5.41) is 0.637. The van der Waals surface area contributed by atoms with Crippen molar-refractivity contribution in [3.8, 4) is 0 Å². The molecule has 0 spiro atoms. The van der Waals surface area contributed by atoms with Crippen molar-refractivity contribution in [2.24, 2.45) is 5.92 Å². The third-order valence-corrected chi connectivity index (χ3v) is 10.0. The normalized spacial score (nSPS) is 21.2. The summed E-state index contributed by atoms with van der Waals surface area (Å²) in [6.45, 7) is 6.40. The minimum atomic E-state index is -3.57. The van der Waals surface area contributed by atoms with E-state index in [4.69, 9.17) is 9.72 Å². The van der Waals surface area contributed by atoms with Crippen LogP contribution in [0.15, 0.2) is 47.4 Å². The molecule has 2 fully saturated rings. The smallest absolute Gasteiger partial charge is 0.260 e. The highest BCUT2D eigenvalue weighted by Gasteiger charge is 2.30. The Morgan fingerprint density at radius 1 is 1.17 bits per heavy atom. The van der Waals surface area contributed by atoms with E-state index in [9.17, 15) is 13.2 Å². The standard InChI is InChI=1S/C27H33N3O4S2/c1-3-20-8-13-24-25(16-20)35-27(28-24)30(18-22-7-5-15-34-22)26(31)21-9-11-23(12-10-21)36(32,33)29-14-4-6-19(2)17-29/h8-13,16,19,22H,3-7,14-15,17-18H2,1-2H3. The van der Waals surface area contributed by atoms with Crippen LogP contribution in [0.2, 0.25) is 0 Å². The zero-order valence-corrected chi connectivity index (χ0v) is 22.5. The van der Waals surface area contributed by atoms with Crippen LogP contribution in [0, 0.1) is 5.92 Å². The van der Waals surface area contributed by atoms with Gasteiger partial charge in [-0.05, 0) is 80.0 Å². The molecule has 36 heavy (non-hydrogen) atoms. The topological polar surface area (TPSA) is 79.8 Å². The number of fused-ring (bicyclic) bond motifs is 1. The van der Waals surface area contributed by atoms with Crippen LogP contribution in [0.5, 0.6) is 0 Å². The lowest BCUT2D eigenvalue weighted by Crippen LogP contribution is -2.39. The first-order chi connectivity index (χ1) is 17.3. The van der Waals surface area contributed by atoms with Crippen LogP contribution >= 0.6 is 11.3 Å². The van der Waals surface area contributed by atoms with Gasteiger partial charge in [-0.15, -0.1) is 0 Å². The molecule has 0 bridgehead atoms. The SMILES string of the molecule is CCc1ccc2nc(N(CC3CCCO3)C(=O)c3ccc(S(=O)(=O)N4CCCC(C)C4)cc3)sc2c1. The Bertz CT molecular complexity index is 1330. The molecule has 0 saturated carbocycles. The minimum absolute atomic E-state index is 0.0343. The van der Waals surface area contributed by atoms with E-state index in [1.165, 1.54) is 16.9 Å². The predicted octanol–water partition coefficient (Wildman–Crippen LogP) is 5.11. The fourth-order valence-electron chi connectivity index (χ4n) is 4.97. The van der Waals surface area contributed by atoms with E-state index < -0.39 is 10.0 Å². The molecule has 2 aromatic carbocycles. The van der Waals surface area contributed by atoms with Crippen molar-refractivity contribution in [2.75, 3.05) is 31.1 Å². The summed E-state index contributed by atoms with van der Waals surface area (Å²) < 4.78 is 34.8. The minimum Gasteiger partial charge on any atom is -0.376 e. The molecule has 192 valence electrons. The molecule has 2 unspecified atom stereocenters. The van der Waals surface area contributed by atoms with Crippen molar-refractivity contribution in [1.82, 2.24) is 9.29 Å². The van der Waals surface area contributed by atoms with Crippen molar-refractivity contribution in [3.63, 3.8) is 0 Å². The lowest BCUT2D eigenvalue weighted by Gasteiger charge is -2.30. The van der Waals surface area contributed by atoms with Crippen molar-refractivity contribution in [1.29, 1.82) is 0 Å². The van der Waals surface area contributed by atoms with E-state index in [0.29, 0.717) is 42.9 Å². The summed E-state index contributed by atoms with van der Waals surface area (Å²) >= 11 is 1.50. The number of carbonyl (C=O) groups is 1. The molecule has 3 aromatic rings. The first kappa shape index (κ1) is 25.3. The average Bonchev–Trinajstić information content (AvgIpc) is 3.56. The second-order valence-electron chi connectivity index (χ2n) is 9.84. The van der Waals surface area contributed by atoms with Crippen molar-refractivity contribution < 1.29 is 17.9 Å². The molecule has 7 nitrogen and oxygen atoms in total. The van der Waals surface area contributed by atoms with Crippen LogP contribution in [0.25, 0.3) is 10.2 Å². The molecule has 0 aliphatic carbocycles. The Labute approximate surface area is 217 Å². The number of thiazole rings is 1. The highest BCUT2D eigenvalue weighted by atomic mass is 32.2. The van der Waals surface area contributed by atoms with Crippen LogP contribution in [0.1, 0.15) is 55.5 Å². The number of benzene rings is 2. The summed E-state index contributed by atoms with van der Waals surface area (Å²) in [7, 11) is -3.57. The van der Waals surface area contributed by atoms with Crippen molar-refractivity contribution in [2.45, 2.75) is 57.0 Å². The largest absolute Gasteiger partial charge is 0.376 e. The third kappa shape index (κ3) is 5.20. The predicted molar refractivity (Wildman–Crippen MR) is 143 cm³/mol. The van der Waals surface area contributed by atoms with Crippen LogP contribution in [-0.4, -0.2) is 56.0 Å². The summed E-state index contributed by atoms with van der Waals surface area (Å²) in [4.78, 5) is 20.4. The van der Waals surface area contributed by atoms with E-state index in [-0.39, 0.29) is 16.9 Å². The molecular weight excluding hydrogens is 494 g/mol. The van der Waals surface area contributed by atoms with E-state index in [1.54, 1.807) is 33.5 Å². The molecule has 0 radical (unpaired) electrons. The van der Waals surface area contributed by atoms with Gasteiger partial charge in [0, 0.05) is 25.3 Å².